The normalized spacial score (nSPS) is 21.5. The molecule has 0 aliphatic carbocycles. The van der Waals surface area contributed by atoms with Crippen molar-refractivity contribution >= 4 is 12.1 Å². The molecule has 106 valence electrons. The van der Waals surface area contributed by atoms with Crippen molar-refractivity contribution < 1.29 is 19.4 Å². The molecule has 1 aromatic carbocycles. The van der Waals surface area contributed by atoms with Gasteiger partial charge in [-0.3, -0.25) is 4.90 Å². The number of benzene rings is 1. The largest absolute Gasteiger partial charge is 0.480 e. The maximum absolute atomic E-state index is 12.0. The number of rotatable bonds is 4. The minimum absolute atomic E-state index is 0.140. The highest BCUT2D eigenvalue weighted by Crippen LogP contribution is 2.26. The van der Waals surface area contributed by atoms with Crippen molar-refractivity contribution in [3.8, 4) is 0 Å². The van der Waals surface area contributed by atoms with Crippen LogP contribution in [-0.2, 0) is 16.1 Å². The van der Waals surface area contributed by atoms with E-state index >= 15 is 0 Å². The molecule has 0 spiro atoms. The molecule has 1 aliphatic rings. The summed E-state index contributed by atoms with van der Waals surface area (Å²) in [6.45, 7) is 4.14. The highest BCUT2D eigenvalue weighted by Gasteiger charge is 2.41. The molecule has 0 aromatic heterocycles. The topological polar surface area (TPSA) is 66.8 Å². The minimum atomic E-state index is -1.02. The number of ether oxygens (including phenoxy) is 1. The summed E-state index contributed by atoms with van der Waals surface area (Å²) in [6.07, 6.45) is 1.59. The molecule has 1 unspecified atom stereocenters. The van der Waals surface area contributed by atoms with Crippen LogP contribution in [0, 0.1) is 5.92 Å². The van der Waals surface area contributed by atoms with Gasteiger partial charge in [0, 0.05) is 12.5 Å². The van der Waals surface area contributed by atoms with Gasteiger partial charge in [-0.25, -0.2) is 9.59 Å². The molecule has 1 heterocycles. The number of hydrogen-bond acceptors (Lipinski definition) is 3. The van der Waals surface area contributed by atoms with Crippen LogP contribution in [0.3, 0.4) is 0 Å². The average Bonchev–Trinajstić information content (AvgIpc) is 2.90. The van der Waals surface area contributed by atoms with Gasteiger partial charge in [-0.15, -0.1) is 6.58 Å². The van der Waals surface area contributed by atoms with Gasteiger partial charge in [0.1, 0.15) is 12.6 Å². The predicted octanol–water partition coefficient (Wildman–Crippen LogP) is 2.28. The standard InChI is InChI=1S/C15H17NO4/c1-2-12-8-9-16(13(12)14(17)18)15(19)20-10-11-6-4-3-5-7-11/h2-7,12-13H,1,8-10H2,(H,17,18)/t12?,13-/m0/s1. The highest BCUT2D eigenvalue weighted by molar-refractivity contribution is 5.81. The number of hydrogen-bond donors (Lipinski definition) is 1. The molecule has 5 nitrogen and oxygen atoms in total. The van der Waals surface area contributed by atoms with Gasteiger partial charge in [-0.1, -0.05) is 36.4 Å². The molecule has 2 rings (SSSR count). The Hall–Kier alpha value is -2.30. The first-order chi connectivity index (χ1) is 9.63. The summed E-state index contributed by atoms with van der Waals surface area (Å²) < 4.78 is 5.17. The predicted molar refractivity (Wildman–Crippen MR) is 73.1 cm³/mol. The van der Waals surface area contributed by atoms with E-state index in [1.54, 1.807) is 6.08 Å². The molecule has 2 atom stereocenters. The fourth-order valence-corrected chi connectivity index (χ4v) is 2.39. The Morgan fingerprint density at radius 2 is 2.10 bits per heavy atom. The second-order valence-electron chi connectivity index (χ2n) is 4.70. The summed E-state index contributed by atoms with van der Waals surface area (Å²) in [5.41, 5.74) is 0.868. The van der Waals surface area contributed by atoms with Gasteiger partial charge in [0.15, 0.2) is 0 Å². The highest BCUT2D eigenvalue weighted by atomic mass is 16.6. The Morgan fingerprint density at radius 1 is 1.40 bits per heavy atom. The van der Waals surface area contributed by atoms with E-state index in [9.17, 15) is 14.7 Å². The Labute approximate surface area is 117 Å². The van der Waals surface area contributed by atoms with E-state index in [1.807, 2.05) is 30.3 Å². The van der Waals surface area contributed by atoms with Crippen LogP contribution in [0.25, 0.3) is 0 Å². The van der Waals surface area contributed by atoms with Gasteiger partial charge in [0.05, 0.1) is 0 Å². The first kappa shape index (κ1) is 14.1. The van der Waals surface area contributed by atoms with Gasteiger partial charge < -0.3 is 9.84 Å². The zero-order chi connectivity index (χ0) is 14.5. The molecular weight excluding hydrogens is 258 g/mol. The Kier molecular flexibility index (Phi) is 4.40. The number of aliphatic carboxylic acids is 1. The molecule has 1 fully saturated rings. The van der Waals surface area contributed by atoms with Gasteiger partial charge >= 0.3 is 12.1 Å². The minimum Gasteiger partial charge on any atom is -0.480 e. The fourth-order valence-electron chi connectivity index (χ4n) is 2.39. The lowest BCUT2D eigenvalue weighted by atomic mass is 10.0. The van der Waals surface area contributed by atoms with Crippen molar-refractivity contribution in [1.29, 1.82) is 0 Å². The lowest BCUT2D eigenvalue weighted by Crippen LogP contribution is -2.43. The van der Waals surface area contributed by atoms with E-state index in [2.05, 4.69) is 6.58 Å². The maximum atomic E-state index is 12.0. The van der Waals surface area contributed by atoms with Crippen molar-refractivity contribution in [2.45, 2.75) is 19.1 Å². The Morgan fingerprint density at radius 3 is 2.70 bits per heavy atom. The fraction of sp³-hybridized carbons (Fsp3) is 0.333. The summed E-state index contributed by atoms with van der Waals surface area (Å²) >= 11 is 0. The van der Waals surface area contributed by atoms with E-state index in [4.69, 9.17) is 4.74 Å². The number of carbonyl (C=O) groups excluding carboxylic acids is 1. The molecule has 0 bridgehead atoms. The van der Waals surface area contributed by atoms with Crippen LogP contribution in [0.15, 0.2) is 43.0 Å². The van der Waals surface area contributed by atoms with Crippen LogP contribution >= 0.6 is 0 Å². The molecule has 1 N–H and O–H groups in total. The quantitative estimate of drug-likeness (QED) is 0.856. The van der Waals surface area contributed by atoms with Crippen molar-refractivity contribution in [2.24, 2.45) is 5.92 Å². The Balaban J connectivity index is 1.98. The molecule has 1 aliphatic heterocycles. The van der Waals surface area contributed by atoms with Gasteiger partial charge in [0.25, 0.3) is 0 Å². The van der Waals surface area contributed by atoms with Crippen molar-refractivity contribution in [1.82, 2.24) is 4.90 Å². The van der Waals surface area contributed by atoms with Gasteiger partial charge in [-0.2, -0.15) is 0 Å². The molecular formula is C15H17NO4. The third-order valence-corrected chi connectivity index (χ3v) is 3.44. The second kappa shape index (κ2) is 6.23. The van der Waals surface area contributed by atoms with Crippen LogP contribution in [0.2, 0.25) is 0 Å². The van der Waals surface area contributed by atoms with E-state index in [0.29, 0.717) is 13.0 Å². The third-order valence-electron chi connectivity index (χ3n) is 3.44. The SMILES string of the molecule is C=CC1CCN(C(=O)OCc2ccccc2)[C@@H]1C(=O)O. The smallest absolute Gasteiger partial charge is 0.410 e. The first-order valence-electron chi connectivity index (χ1n) is 6.46. The van der Waals surface area contributed by atoms with E-state index in [0.717, 1.165) is 5.56 Å². The summed E-state index contributed by atoms with van der Waals surface area (Å²) in [5, 5.41) is 9.22. The molecule has 0 radical (unpaired) electrons. The monoisotopic (exact) mass is 275 g/mol. The van der Waals surface area contributed by atoms with Crippen molar-refractivity contribution in [3.63, 3.8) is 0 Å². The number of carboxylic acids is 1. The molecule has 1 amide bonds. The molecule has 1 aromatic rings. The van der Waals surface area contributed by atoms with Gasteiger partial charge in [-0.05, 0) is 12.0 Å². The maximum Gasteiger partial charge on any atom is 0.410 e. The summed E-state index contributed by atoms with van der Waals surface area (Å²) in [4.78, 5) is 24.5. The van der Waals surface area contributed by atoms with E-state index in [1.165, 1.54) is 4.90 Å². The summed E-state index contributed by atoms with van der Waals surface area (Å²) in [5.74, 6) is -1.25. The molecule has 0 saturated carbocycles. The van der Waals surface area contributed by atoms with Crippen LogP contribution in [0.4, 0.5) is 4.79 Å². The van der Waals surface area contributed by atoms with Crippen LogP contribution < -0.4 is 0 Å². The number of amides is 1. The van der Waals surface area contributed by atoms with Crippen molar-refractivity contribution in [2.75, 3.05) is 6.54 Å². The molecule has 5 heteroatoms. The average molecular weight is 275 g/mol. The number of nitrogens with zero attached hydrogens (tertiary/aromatic N) is 1. The van der Waals surface area contributed by atoms with Crippen LogP contribution in [-0.4, -0.2) is 34.7 Å². The first-order valence-corrected chi connectivity index (χ1v) is 6.46. The van der Waals surface area contributed by atoms with Crippen LogP contribution in [0.1, 0.15) is 12.0 Å². The van der Waals surface area contributed by atoms with Crippen LogP contribution in [0.5, 0.6) is 0 Å². The zero-order valence-corrected chi connectivity index (χ0v) is 11.1. The van der Waals surface area contributed by atoms with Gasteiger partial charge in [0.2, 0.25) is 0 Å². The zero-order valence-electron chi connectivity index (χ0n) is 11.1. The lowest BCUT2D eigenvalue weighted by Gasteiger charge is -2.22. The second-order valence-corrected chi connectivity index (χ2v) is 4.70. The molecule has 1 saturated heterocycles. The number of likely N-dealkylation sites (tertiary alicyclic amines) is 1. The third kappa shape index (κ3) is 2.99. The van der Waals surface area contributed by atoms with Crippen molar-refractivity contribution in [3.05, 3.63) is 48.6 Å². The Bertz CT molecular complexity index is 500. The van der Waals surface area contributed by atoms with E-state index < -0.39 is 18.1 Å². The summed E-state index contributed by atoms with van der Waals surface area (Å²) in [7, 11) is 0. The molecule has 20 heavy (non-hydrogen) atoms. The number of carboxylic acid groups (broad SMARTS) is 1. The lowest BCUT2D eigenvalue weighted by molar-refractivity contribution is -0.142. The summed E-state index contributed by atoms with van der Waals surface area (Å²) in [6, 6.07) is 8.40. The number of carbonyl (C=O) groups is 2. The van der Waals surface area contributed by atoms with E-state index in [-0.39, 0.29) is 12.5 Å².